The third-order valence-electron chi connectivity index (χ3n) is 6.11. The molecular formula is C23H27NO2. The molecule has 0 aromatic heterocycles. The fourth-order valence-corrected chi connectivity index (χ4v) is 4.58. The maximum atomic E-state index is 13.1. The number of rotatable bonds is 5. The highest BCUT2D eigenvalue weighted by molar-refractivity contribution is 5.78. The highest BCUT2D eigenvalue weighted by atomic mass is 16.5. The number of piperidine rings is 1. The Morgan fingerprint density at radius 2 is 1.58 bits per heavy atom. The second kappa shape index (κ2) is 7.63. The zero-order valence-corrected chi connectivity index (χ0v) is 15.4. The van der Waals surface area contributed by atoms with Crippen molar-refractivity contribution >= 4 is 5.97 Å². The van der Waals surface area contributed by atoms with Gasteiger partial charge in [-0.15, -0.1) is 0 Å². The Bertz CT molecular complexity index is 716. The summed E-state index contributed by atoms with van der Waals surface area (Å²) in [6.07, 6.45) is 5.18. The van der Waals surface area contributed by atoms with Gasteiger partial charge in [0.2, 0.25) is 0 Å². The standard InChI is InChI=1S/C23H27NO2/c1-24-19-12-13-20(24)16-21(15-19)26-23(25)22(18-10-6-3-7-11-18)14-17-8-4-2-5-9-17/h2-11,19-22H,12-16H2,1H3/t19-,20+,21-,22?. The molecule has 136 valence electrons. The lowest BCUT2D eigenvalue weighted by atomic mass is 9.91. The molecule has 0 spiro atoms. The molecule has 2 aromatic carbocycles. The van der Waals surface area contributed by atoms with Crippen LogP contribution in [0.2, 0.25) is 0 Å². The van der Waals surface area contributed by atoms with Crippen LogP contribution in [0.3, 0.4) is 0 Å². The maximum Gasteiger partial charge on any atom is 0.314 e. The van der Waals surface area contributed by atoms with Gasteiger partial charge in [0.25, 0.3) is 0 Å². The number of carbonyl (C=O) groups is 1. The van der Waals surface area contributed by atoms with Gasteiger partial charge in [0.15, 0.2) is 0 Å². The van der Waals surface area contributed by atoms with Crippen molar-refractivity contribution in [3.05, 3.63) is 71.8 Å². The Morgan fingerprint density at radius 1 is 1.00 bits per heavy atom. The van der Waals surface area contributed by atoms with Crippen LogP contribution < -0.4 is 0 Å². The van der Waals surface area contributed by atoms with Gasteiger partial charge < -0.3 is 9.64 Å². The molecule has 0 N–H and O–H groups in total. The van der Waals surface area contributed by atoms with Gasteiger partial charge in [0.1, 0.15) is 6.10 Å². The number of hydrogen-bond acceptors (Lipinski definition) is 3. The van der Waals surface area contributed by atoms with E-state index in [0.29, 0.717) is 18.5 Å². The Kier molecular flexibility index (Phi) is 5.07. The predicted molar refractivity (Wildman–Crippen MR) is 103 cm³/mol. The number of ether oxygens (including phenoxy) is 1. The number of benzene rings is 2. The number of carbonyl (C=O) groups excluding carboxylic acids is 1. The van der Waals surface area contributed by atoms with Crippen molar-refractivity contribution in [2.45, 2.75) is 56.2 Å². The van der Waals surface area contributed by atoms with Crippen molar-refractivity contribution in [1.29, 1.82) is 0 Å². The summed E-state index contributed by atoms with van der Waals surface area (Å²) in [5.41, 5.74) is 2.21. The normalized spacial score (nSPS) is 26.4. The summed E-state index contributed by atoms with van der Waals surface area (Å²) < 4.78 is 6.04. The van der Waals surface area contributed by atoms with Crippen LogP contribution in [0.5, 0.6) is 0 Å². The Hall–Kier alpha value is -2.13. The van der Waals surface area contributed by atoms with Gasteiger partial charge in [0, 0.05) is 12.1 Å². The van der Waals surface area contributed by atoms with E-state index in [9.17, 15) is 4.79 Å². The zero-order chi connectivity index (χ0) is 17.9. The van der Waals surface area contributed by atoms with Crippen molar-refractivity contribution in [2.75, 3.05) is 7.05 Å². The van der Waals surface area contributed by atoms with E-state index >= 15 is 0 Å². The van der Waals surface area contributed by atoms with E-state index in [0.717, 1.165) is 18.4 Å². The minimum absolute atomic E-state index is 0.0678. The smallest absolute Gasteiger partial charge is 0.314 e. The largest absolute Gasteiger partial charge is 0.462 e. The molecule has 3 heteroatoms. The molecule has 0 amide bonds. The number of hydrogen-bond donors (Lipinski definition) is 0. The van der Waals surface area contributed by atoms with Crippen LogP contribution in [0.4, 0.5) is 0 Å². The first-order chi connectivity index (χ1) is 12.7. The fraction of sp³-hybridized carbons (Fsp3) is 0.435. The fourth-order valence-electron chi connectivity index (χ4n) is 4.58. The first-order valence-electron chi connectivity index (χ1n) is 9.72. The van der Waals surface area contributed by atoms with Crippen molar-refractivity contribution in [2.24, 2.45) is 0 Å². The molecule has 3 nitrogen and oxygen atoms in total. The van der Waals surface area contributed by atoms with E-state index in [1.165, 1.54) is 18.4 Å². The molecule has 0 radical (unpaired) electrons. The van der Waals surface area contributed by atoms with Crippen molar-refractivity contribution in [1.82, 2.24) is 4.90 Å². The van der Waals surface area contributed by atoms with E-state index in [-0.39, 0.29) is 18.0 Å². The zero-order valence-electron chi connectivity index (χ0n) is 15.4. The second-order valence-electron chi connectivity index (χ2n) is 7.73. The molecule has 2 fully saturated rings. The van der Waals surface area contributed by atoms with Crippen LogP contribution in [0.25, 0.3) is 0 Å². The van der Waals surface area contributed by atoms with Crippen LogP contribution in [0, 0.1) is 0 Å². The number of esters is 1. The van der Waals surface area contributed by atoms with Crippen LogP contribution in [0.15, 0.2) is 60.7 Å². The van der Waals surface area contributed by atoms with Gasteiger partial charge >= 0.3 is 5.97 Å². The van der Waals surface area contributed by atoms with Gasteiger partial charge in [0.05, 0.1) is 5.92 Å². The van der Waals surface area contributed by atoms with Crippen LogP contribution in [-0.4, -0.2) is 36.1 Å². The van der Waals surface area contributed by atoms with Gasteiger partial charge in [-0.3, -0.25) is 4.79 Å². The van der Waals surface area contributed by atoms with Gasteiger partial charge in [-0.25, -0.2) is 0 Å². The van der Waals surface area contributed by atoms with Crippen molar-refractivity contribution in [3.63, 3.8) is 0 Å². The molecule has 2 aliphatic heterocycles. The Labute approximate surface area is 156 Å². The molecule has 0 saturated carbocycles. The summed E-state index contributed by atoms with van der Waals surface area (Å²) in [5, 5.41) is 0. The molecule has 2 saturated heterocycles. The second-order valence-corrected chi connectivity index (χ2v) is 7.73. The molecule has 4 rings (SSSR count). The summed E-state index contributed by atoms with van der Waals surface area (Å²) in [7, 11) is 2.21. The van der Waals surface area contributed by atoms with E-state index < -0.39 is 0 Å². The molecule has 2 heterocycles. The Balaban J connectivity index is 1.49. The first kappa shape index (κ1) is 17.3. The van der Waals surface area contributed by atoms with Crippen LogP contribution in [-0.2, 0) is 16.0 Å². The van der Waals surface area contributed by atoms with E-state index in [1.54, 1.807) is 0 Å². The molecular weight excluding hydrogens is 322 g/mol. The first-order valence-corrected chi connectivity index (χ1v) is 9.72. The lowest BCUT2D eigenvalue weighted by molar-refractivity contribution is -0.154. The van der Waals surface area contributed by atoms with Crippen LogP contribution in [0.1, 0.15) is 42.7 Å². The summed E-state index contributed by atoms with van der Waals surface area (Å²) >= 11 is 0. The molecule has 2 bridgehead atoms. The van der Waals surface area contributed by atoms with Gasteiger partial charge in [-0.1, -0.05) is 60.7 Å². The molecule has 2 aliphatic rings. The lowest BCUT2D eigenvalue weighted by Crippen LogP contribution is -2.43. The topological polar surface area (TPSA) is 29.5 Å². The summed E-state index contributed by atoms with van der Waals surface area (Å²) in [5.74, 6) is -0.315. The lowest BCUT2D eigenvalue weighted by Gasteiger charge is -2.36. The Morgan fingerprint density at radius 3 is 2.19 bits per heavy atom. The number of fused-ring (bicyclic) bond motifs is 2. The van der Waals surface area contributed by atoms with Crippen molar-refractivity contribution < 1.29 is 9.53 Å². The summed E-state index contributed by atoms with van der Waals surface area (Å²) in [6, 6.07) is 21.4. The SMILES string of the molecule is CN1[C@@H]2CC[C@H]1C[C@H](OC(=O)C(Cc1ccccc1)c1ccccc1)C2. The third kappa shape index (κ3) is 3.68. The highest BCUT2D eigenvalue weighted by Gasteiger charge is 2.40. The average Bonchev–Trinajstić information content (AvgIpc) is 2.88. The average molecular weight is 349 g/mol. The highest BCUT2D eigenvalue weighted by Crippen LogP contribution is 2.36. The monoisotopic (exact) mass is 349 g/mol. The molecule has 1 unspecified atom stereocenters. The van der Waals surface area contributed by atoms with E-state index in [1.807, 2.05) is 48.5 Å². The quantitative estimate of drug-likeness (QED) is 0.759. The molecule has 2 aromatic rings. The minimum Gasteiger partial charge on any atom is -0.462 e. The summed E-state index contributed by atoms with van der Waals surface area (Å²) in [4.78, 5) is 15.6. The van der Waals surface area contributed by atoms with Gasteiger partial charge in [-0.05, 0) is 50.3 Å². The maximum absolute atomic E-state index is 13.1. The molecule has 0 aliphatic carbocycles. The minimum atomic E-state index is -0.240. The predicted octanol–water partition coefficient (Wildman–Crippen LogP) is 4.18. The number of nitrogens with zero attached hydrogens (tertiary/aromatic N) is 1. The van der Waals surface area contributed by atoms with Crippen molar-refractivity contribution in [3.8, 4) is 0 Å². The van der Waals surface area contributed by atoms with E-state index in [2.05, 4.69) is 24.1 Å². The van der Waals surface area contributed by atoms with Crippen LogP contribution >= 0.6 is 0 Å². The molecule has 4 atom stereocenters. The summed E-state index contributed by atoms with van der Waals surface area (Å²) in [6.45, 7) is 0. The van der Waals surface area contributed by atoms with Gasteiger partial charge in [-0.2, -0.15) is 0 Å². The van der Waals surface area contributed by atoms with E-state index in [4.69, 9.17) is 4.74 Å². The third-order valence-corrected chi connectivity index (χ3v) is 6.11. The molecule has 26 heavy (non-hydrogen) atoms.